The third-order valence-electron chi connectivity index (χ3n) is 2.06. The molecule has 1 heterocycles. The molecule has 1 aromatic heterocycles. The molecule has 0 unspecified atom stereocenters. The van der Waals surface area contributed by atoms with Crippen LogP contribution in [0.25, 0.3) is 0 Å². The van der Waals surface area contributed by atoms with E-state index in [4.69, 9.17) is 5.26 Å². The maximum absolute atomic E-state index is 8.64. The van der Waals surface area contributed by atoms with Gasteiger partial charge in [0, 0.05) is 18.8 Å². The van der Waals surface area contributed by atoms with Gasteiger partial charge in [-0.25, -0.2) is 9.97 Å². The number of rotatable bonds is 2. The molecule has 0 amide bonds. The number of nitriles is 1. The van der Waals surface area contributed by atoms with Gasteiger partial charge in [0.2, 0.25) is 0 Å². The summed E-state index contributed by atoms with van der Waals surface area (Å²) in [5, 5.41) is 8.64. The van der Waals surface area contributed by atoms with Gasteiger partial charge in [0.25, 0.3) is 0 Å². The SMILES string of the molecule is N#Cc1ccc(Cc2ncccn2)cc1. The Morgan fingerprint density at radius 3 is 2.33 bits per heavy atom. The van der Waals surface area contributed by atoms with Gasteiger partial charge < -0.3 is 0 Å². The summed E-state index contributed by atoms with van der Waals surface area (Å²) in [6.45, 7) is 0. The van der Waals surface area contributed by atoms with Crippen molar-refractivity contribution in [1.82, 2.24) is 9.97 Å². The van der Waals surface area contributed by atoms with E-state index >= 15 is 0 Å². The number of hydrogen-bond donors (Lipinski definition) is 0. The van der Waals surface area contributed by atoms with Crippen molar-refractivity contribution in [3.8, 4) is 6.07 Å². The second-order valence-electron chi connectivity index (χ2n) is 3.15. The lowest BCUT2D eigenvalue weighted by molar-refractivity contribution is 0.968. The molecule has 0 atom stereocenters. The molecule has 2 aromatic rings. The zero-order chi connectivity index (χ0) is 10.5. The molecule has 2 rings (SSSR count). The molecular formula is C12H9N3. The molecule has 0 bridgehead atoms. The van der Waals surface area contributed by atoms with Gasteiger partial charge in [-0.15, -0.1) is 0 Å². The molecule has 0 radical (unpaired) electrons. The Bertz CT molecular complexity index is 468. The van der Waals surface area contributed by atoms with E-state index in [-0.39, 0.29) is 0 Å². The first-order valence-electron chi connectivity index (χ1n) is 4.63. The molecule has 0 aliphatic carbocycles. The van der Waals surface area contributed by atoms with E-state index in [2.05, 4.69) is 16.0 Å². The van der Waals surface area contributed by atoms with Crippen LogP contribution in [0, 0.1) is 11.3 Å². The van der Waals surface area contributed by atoms with E-state index in [1.54, 1.807) is 30.6 Å². The fourth-order valence-electron chi connectivity index (χ4n) is 1.30. The normalized spacial score (nSPS) is 9.53. The summed E-state index contributed by atoms with van der Waals surface area (Å²) in [6.07, 6.45) is 4.16. The van der Waals surface area contributed by atoms with Crippen molar-refractivity contribution in [2.45, 2.75) is 6.42 Å². The Morgan fingerprint density at radius 1 is 1.07 bits per heavy atom. The van der Waals surface area contributed by atoms with Crippen molar-refractivity contribution in [2.75, 3.05) is 0 Å². The summed E-state index contributed by atoms with van der Waals surface area (Å²) in [4.78, 5) is 8.28. The first-order valence-corrected chi connectivity index (χ1v) is 4.63. The fourth-order valence-corrected chi connectivity index (χ4v) is 1.30. The predicted molar refractivity (Wildman–Crippen MR) is 56.0 cm³/mol. The van der Waals surface area contributed by atoms with Gasteiger partial charge in [-0.3, -0.25) is 0 Å². The van der Waals surface area contributed by atoms with Crippen molar-refractivity contribution < 1.29 is 0 Å². The topological polar surface area (TPSA) is 49.6 Å². The Labute approximate surface area is 88.1 Å². The van der Waals surface area contributed by atoms with Crippen LogP contribution >= 0.6 is 0 Å². The van der Waals surface area contributed by atoms with Crippen LogP contribution < -0.4 is 0 Å². The maximum atomic E-state index is 8.64. The average Bonchev–Trinajstić information content (AvgIpc) is 2.31. The van der Waals surface area contributed by atoms with Gasteiger partial charge in [-0.2, -0.15) is 5.26 Å². The zero-order valence-electron chi connectivity index (χ0n) is 8.09. The van der Waals surface area contributed by atoms with Crippen molar-refractivity contribution in [3.05, 3.63) is 59.7 Å². The van der Waals surface area contributed by atoms with Crippen molar-refractivity contribution in [2.24, 2.45) is 0 Å². The third kappa shape index (κ3) is 2.38. The molecule has 0 aliphatic rings. The lowest BCUT2D eigenvalue weighted by Gasteiger charge is -1.99. The molecule has 0 aliphatic heterocycles. The molecule has 1 aromatic carbocycles. The molecular weight excluding hydrogens is 186 g/mol. The van der Waals surface area contributed by atoms with Gasteiger partial charge in [-0.1, -0.05) is 12.1 Å². The van der Waals surface area contributed by atoms with E-state index in [9.17, 15) is 0 Å². The molecule has 0 fully saturated rings. The van der Waals surface area contributed by atoms with E-state index in [0.717, 1.165) is 11.4 Å². The third-order valence-corrected chi connectivity index (χ3v) is 2.06. The highest BCUT2D eigenvalue weighted by molar-refractivity contribution is 5.32. The van der Waals surface area contributed by atoms with Crippen LogP contribution in [0.4, 0.5) is 0 Å². The van der Waals surface area contributed by atoms with Crippen molar-refractivity contribution in [1.29, 1.82) is 5.26 Å². The minimum Gasteiger partial charge on any atom is -0.241 e. The molecule has 3 heteroatoms. The standard InChI is InChI=1S/C12H9N3/c13-9-11-4-2-10(3-5-11)8-12-14-6-1-7-15-12/h1-7H,8H2. The minimum absolute atomic E-state index is 0.674. The zero-order valence-corrected chi connectivity index (χ0v) is 8.09. The van der Waals surface area contributed by atoms with Crippen molar-refractivity contribution in [3.63, 3.8) is 0 Å². The number of aromatic nitrogens is 2. The van der Waals surface area contributed by atoms with Crippen LogP contribution in [0.1, 0.15) is 17.0 Å². The molecule has 0 N–H and O–H groups in total. The first-order chi connectivity index (χ1) is 7.38. The van der Waals surface area contributed by atoms with Gasteiger partial charge in [0.1, 0.15) is 5.82 Å². The van der Waals surface area contributed by atoms with Crippen LogP contribution in [-0.4, -0.2) is 9.97 Å². The summed E-state index contributed by atoms with van der Waals surface area (Å²) < 4.78 is 0. The summed E-state index contributed by atoms with van der Waals surface area (Å²) in [7, 11) is 0. The lowest BCUT2D eigenvalue weighted by atomic mass is 10.1. The Morgan fingerprint density at radius 2 is 1.73 bits per heavy atom. The number of nitrogens with zero attached hydrogens (tertiary/aromatic N) is 3. The maximum Gasteiger partial charge on any atom is 0.132 e. The summed E-state index contributed by atoms with van der Waals surface area (Å²) in [5.74, 6) is 0.794. The quantitative estimate of drug-likeness (QED) is 0.735. The van der Waals surface area contributed by atoms with Crippen molar-refractivity contribution >= 4 is 0 Å². The minimum atomic E-state index is 0.674. The predicted octanol–water partition coefficient (Wildman–Crippen LogP) is 1.94. The van der Waals surface area contributed by atoms with Crippen LogP contribution in [0.3, 0.4) is 0 Å². The van der Waals surface area contributed by atoms with E-state index in [0.29, 0.717) is 12.0 Å². The molecule has 0 saturated carbocycles. The molecule has 3 nitrogen and oxygen atoms in total. The molecule has 0 spiro atoms. The summed E-state index contributed by atoms with van der Waals surface area (Å²) >= 11 is 0. The number of hydrogen-bond acceptors (Lipinski definition) is 3. The largest absolute Gasteiger partial charge is 0.241 e. The Hall–Kier alpha value is -2.21. The van der Waals surface area contributed by atoms with Crippen LogP contribution in [0.2, 0.25) is 0 Å². The number of benzene rings is 1. The van der Waals surface area contributed by atoms with Gasteiger partial charge in [0.15, 0.2) is 0 Å². The fraction of sp³-hybridized carbons (Fsp3) is 0.0833. The highest BCUT2D eigenvalue weighted by atomic mass is 14.8. The van der Waals surface area contributed by atoms with E-state index in [1.807, 2.05) is 12.1 Å². The van der Waals surface area contributed by atoms with Gasteiger partial charge in [-0.05, 0) is 23.8 Å². The second-order valence-corrected chi connectivity index (χ2v) is 3.15. The smallest absolute Gasteiger partial charge is 0.132 e. The molecule has 15 heavy (non-hydrogen) atoms. The van der Waals surface area contributed by atoms with Crippen LogP contribution in [0.15, 0.2) is 42.7 Å². The van der Waals surface area contributed by atoms with Crippen LogP contribution in [0.5, 0.6) is 0 Å². The van der Waals surface area contributed by atoms with Gasteiger partial charge in [0.05, 0.1) is 11.6 Å². The molecule has 72 valence electrons. The average molecular weight is 195 g/mol. The highest BCUT2D eigenvalue weighted by Gasteiger charge is 1.98. The summed E-state index contributed by atoms with van der Waals surface area (Å²) in [6, 6.07) is 11.3. The van der Waals surface area contributed by atoms with E-state index in [1.165, 1.54) is 0 Å². The van der Waals surface area contributed by atoms with Crippen LogP contribution in [-0.2, 0) is 6.42 Å². The highest BCUT2D eigenvalue weighted by Crippen LogP contribution is 2.06. The second kappa shape index (κ2) is 4.34. The first kappa shape index (κ1) is 9.35. The monoisotopic (exact) mass is 195 g/mol. The Kier molecular flexibility index (Phi) is 2.70. The molecule has 0 saturated heterocycles. The summed E-state index contributed by atoms with van der Waals surface area (Å²) in [5.41, 5.74) is 1.79. The lowest BCUT2D eigenvalue weighted by Crippen LogP contribution is -1.94. The Balaban J connectivity index is 2.16. The van der Waals surface area contributed by atoms with Gasteiger partial charge >= 0.3 is 0 Å². The van der Waals surface area contributed by atoms with E-state index < -0.39 is 0 Å².